The molecular formula is C10H15N3O. The third-order valence-electron chi connectivity index (χ3n) is 1.56. The zero-order valence-electron chi connectivity index (χ0n) is 8.45. The van der Waals surface area contributed by atoms with Crippen molar-refractivity contribution in [2.45, 2.75) is 25.8 Å². The van der Waals surface area contributed by atoms with Crippen molar-refractivity contribution in [3.05, 3.63) is 24.5 Å². The Morgan fingerprint density at radius 3 is 2.86 bits per heavy atom. The third-order valence-corrected chi connectivity index (χ3v) is 1.56. The van der Waals surface area contributed by atoms with Crippen LogP contribution in [0.15, 0.2) is 24.5 Å². The van der Waals surface area contributed by atoms with Gasteiger partial charge in [-0.3, -0.25) is 9.78 Å². The first-order chi connectivity index (χ1) is 6.47. The fourth-order valence-corrected chi connectivity index (χ4v) is 1.06. The zero-order valence-corrected chi connectivity index (χ0v) is 8.45. The lowest BCUT2D eigenvalue weighted by atomic mass is 10.0. The van der Waals surface area contributed by atoms with Gasteiger partial charge in [0, 0.05) is 18.2 Å². The van der Waals surface area contributed by atoms with Crippen molar-refractivity contribution in [3.63, 3.8) is 0 Å². The molecule has 0 aliphatic rings. The second kappa shape index (κ2) is 4.19. The van der Waals surface area contributed by atoms with Crippen LogP contribution < -0.4 is 11.1 Å². The first-order valence-electron chi connectivity index (χ1n) is 4.46. The molecule has 0 spiro atoms. The van der Waals surface area contributed by atoms with Crippen LogP contribution in [0.25, 0.3) is 0 Å². The van der Waals surface area contributed by atoms with Crippen molar-refractivity contribution in [2.24, 2.45) is 5.73 Å². The van der Waals surface area contributed by atoms with E-state index in [1.165, 1.54) is 0 Å². The Morgan fingerprint density at radius 2 is 2.36 bits per heavy atom. The van der Waals surface area contributed by atoms with E-state index >= 15 is 0 Å². The maximum absolute atomic E-state index is 11.4. The molecule has 1 amide bonds. The Hall–Kier alpha value is -1.42. The predicted molar refractivity (Wildman–Crippen MR) is 55.8 cm³/mol. The normalized spacial score (nSPS) is 11.1. The summed E-state index contributed by atoms with van der Waals surface area (Å²) >= 11 is 0. The van der Waals surface area contributed by atoms with Crippen LogP contribution in [-0.4, -0.2) is 16.4 Å². The number of rotatable bonds is 3. The van der Waals surface area contributed by atoms with Crippen molar-refractivity contribution in [1.82, 2.24) is 4.98 Å². The molecule has 0 radical (unpaired) electrons. The second-order valence-corrected chi connectivity index (χ2v) is 3.96. The van der Waals surface area contributed by atoms with Gasteiger partial charge in [-0.25, -0.2) is 0 Å². The van der Waals surface area contributed by atoms with Crippen molar-refractivity contribution in [1.29, 1.82) is 0 Å². The summed E-state index contributed by atoms with van der Waals surface area (Å²) in [6.07, 6.45) is 3.55. The number of amides is 1. The van der Waals surface area contributed by atoms with Gasteiger partial charge in [-0.2, -0.15) is 0 Å². The largest absolute Gasteiger partial charge is 0.325 e. The zero-order chi connectivity index (χ0) is 10.6. The van der Waals surface area contributed by atoms with E-state index in [4.69, 9.17) is 5.73 Å². The van der Waals surface area contributed by atoms with Crippen LogP contribution in [0.3, 0.4) is 0 Å². The van der Waals surface area contributed by atoms with E-state index in [0.29, 0.717) is 12.1 Å². The van der Waals surface area contributed by atoms with Crippen LogP contribution in [0.1, 0.15) is 20.3 Å². The molecule has 0 saturated carbocycles. The molecule has 0 saturated heterocycles. The minimum Gasteiger partial charge on any atom is -0.325 e. The Kier molecular flexibility index (Phi) is 3.19. The van der Waals surface area contributed by atoms with E-state index in [0.717, 1.165) is 0 Å². The van der Waals surface area contributed by atoms with Gasteiger partial charge in [0.15, 0.2) is 0 Å². The van der Waals surface area contributed by atoms with Crippen LogP contribution in [0.4, 0.5) is 5.69 Å². The average molecular weight is 193 g/mol. The summed E-state index contributed by atoms with van der Waals surface area (Å²) in [5.41, 5.74) is 5.93. The molecule has 14 heavy (non-hydrogen) atoms. The molecule has 0 unspecified atom stereocenters. The predicted octanol–water partition coefficient (Wildman–Crippen LogP) is 1.15. The standard InChI is InChI=1S/C10H15N3O/c1-10(2,11)6-9(14)13-8-4-3-5-12-7-8/h3-5,7H,6,11H2,1-2H3,(H,13,14). The Morgan fingerprint density at radius 1 is 1.64 bits per heavy atom. The van der Waals surface area contributed by atoms with Gasteiger partial charge in [0.1, 0.15) is 0 Å². The van der Waals surface area contributed by atoms with Crippen molar-refractivity contribution >= 4 is 11.6 Å². The maximum atomic E-state index is 11.4. The van der Waals surface area contributed by atoms with Crippen molar-refractivity contribution in [2.75, 3.05) is 5.32 Å². The summed E-state index contributed by atoms with van der Waals surface area (Å²) in [4.78, 5) is 15.3. The molecule has 4 heteroatoms. The number of nitrogens with zero attached hydrogens (tertiary/aromatic N) is 1. The van der Waals surface area contributed by atoms with Gasteiger partial charge in [-0.05, 0) is 26.0 Å². The fourth-order valence-electron chi connectivity index (χ4n) is 1.06. The second-order valence-electron chi connectivity index (χ2n) is 3.96. The number of aromatic nitrogens is 1. The molecule has 0 fully saturated rings. The number of nitrogens with one attached hydrogen (secondary N) is 1. The van der Waals surface area contributed by atoms with Crippen molar-refractivity contribution in [3.8, 4) is 0 Å². The van der Waals surface area contributed by atoms with E-state index in [9.17, 15) is 4.79 Å². The quantitative estimate of drug-likeness (QED) is 0.756. The highest BCUT2D eigenvalue weighted by Crippen LogP contribution is 2.08. The summed E-state index contributed by atoms with van der Waals surface area (Å²) in [7, 11) is 0. The first-order valence-corrected chi connectivity index (χ1v) is 4.46. The fraction of sp³-hybridized carbons (Fsp3) is 0.400. The lowest BCUT2D eigenvalue weighted by molar-refractivity contribution is -0.117. The van der Waals surface area contributed by atoms with Gasteiger partial charge in [-0.15, -0.1) is 0 Å². The third kappa shape index (κ3) is 4.00. The molecule has 4 nitrogen and oxygen atoms in total. The Labute approximate surface area is 83.5 Å². The highest BCUT2D eigenvalue weighted by Gasteiger charge is 2.16. The van der Waals surface area contributed by atoms with E-state index in [-0.39, 0.29) is 5.91 Å². The molecule has 0 atom stereocenters. The number of hydrogen-bond donors (Lipinski definition) is 2. The van der Waals surface area contributed by atoms with E-state index in [2.05, 4.69) is 10.3 Å². The van der Waals surface area contributed by atoms with Crippen LogP contribution in [-0.2, 0) is 4.79 Å². The molecule has 3 N–H and O–H groups in total. The molecule has 1 aromatic rings. The van der Waals surface area contributed by atoms with Gasteiger partial charge in [0.25, 0.3) is 0 Å². The highest BCUT2D eigenvalue weighted by molar-refractivity contribution is 5.91. The SMILES string of the molecule is CC(C)(N)CC(=O)Nc1cccnc1. The first kappa shape index (κ1) is 10.7. The molecule has 1 aromatic heterocycles. The lowest BCUT2D eigenvalue weighted by Gasteiger charge is -2.17. The number of carbonyl (C=O) groups is 1. The van der Waals surface area contributed by atoms with Crippen LogP contribution >= 0.6 is 0 Å². The minimum absolute atomic E-state index is 0.0921. The molecule has 1 heterocycles. The smallest absolute Gasteiger partial charge is 0.226 e. The number of pyridine rings is 1. The maximum Gasteiger partial charge on any atom is 0.226 e. The summed E-state index contributed by atoms with van der Waals surface area (Å²) < 4.78 is 0. The minimum atomic E-state index is -0.480. The molecule has 0 aromatic carbocycles. The van der Waals surface area contributed by atoms with Gasteiger partial charge in [0.05, 0.1) is 11.9 Å². The van der Waals surface area contributed by atoms with Gasteiger partial charge in [-0.1, -0.05) is 0 Å². The van der Waals surface area contributed by atoms with E-state index < -0.39 is 5.54 Å². The monoisotopic (exact) mass is 193 g/mol. The molecule has 76 valence electrons. The molecular weight excluding hydrogens is 178 g/mol. The topological polar surface area (TPSA) is 68.0 Å². The van der Waals surface area contributed by atoms with Gasteiger partial charge >= 0.3 is 0 Å². The molecule has 0 bridgehead atoms. The molecule has 0 aliphatic carbocycles. The number of carbonyl (C=O) groups excluding carboxylic acids is 1. The van der Waals surface area contributed by atoms with Crippen molar-refractivity contribution < 1.29 is 4.79 Å². The molecule has 0 aliphatic heterocycles. The van der Waals surface area contributed by atoms with E-state index in [1.54, 1.807) is 24.5 Å². The Balaban J connectivity index is 2.50. The Bertz CT molecular complexity index is 303. The van der Waals surface area contributed by atoms with Gasteiger partial charge in [0.2, 0.25) is 5.91 Å². The van der Waals surface area contributed by atoms with E-state index in [1.807, 2.05) is 13.8 Å². The van der Waals surface area contributed by atoms with Crippen LogP contribution in [0, 0.1) is 0 Å². The summed E-state index contributed by atoms with van der Waals surface area (Å²) in [5, 5.41) is 2.72. The number of anilines is 1. The summed E-state index contributed by atoms with van der Waals surface area (Å²) in [5.74, 6) is -0.0921. The average Bonchev–Trinajstić information content (AvgIpc) is 2.02. The van der Waals surface area contributed by atoms with Crippen LogP contribution in [0.2, 0.25) is 0 Å². The highest BCUT2D eigenvalue weighted by atomic mass is 16.1. The number of nitrogens with two attached hydrogens (primary N) is 1. The summed E-state index contributed by atoms with van der Waals surface area (Å²) in [6, 6.07) is 3.55. The summed E-state index contributed by atoms with van der Waals surface area (Å²) in [6.45, 7) is 3.63. The number of hydrogen-bond acceptors (Lipinski definition) is 3. The van der Waals surface area contributed by atoms with Gasteiger partial charge < -0.3 is 11.1 Å². The lowest BCUT2D eigenvalue weighted by Crippen LogP contribution is -2.36. The van der Waals surface area contributed by atoms with Crippen LogP contribution in [0.5, 0.6) is 0 Å². The molecule has 1 rings (SSSR count).